The largest absolute Gasteiger partial charge is 0.263 e. The second kappa shape index (κ2) is 3.11. The van der Waals surface area contributed by atoms with Gasteiger partial charge in [-0.3, -0.25) is 4.98 Å². The Hall–Kier alpha value is -0.890. The maximum atomic E-state index is 4.16. The number of hydrogen-bond acceptors (Lipinski definition) is 1. The SMILES string of the molecule is Cc1cc(C)c2cncc(Br)c2c1. The molecule has 2 rings (SSSR count). The number of halogens is 1. The van der Waals surface area contributed by atoms with Crippen molar-refractivity contribution in [2.75, 3.05) is 0 Å². The van der Waals surface area contributed by atoms with E-state index < -0.39 is 0 Å². The highest BCUT2D eigenvalue weighted by atomic mass is 79.9. The van der Waals surface area contributed by atoms with E-state index in [9.17, 15) is 0 Å². The van der Waals surface area contributed by atoms with Gasteiger partial charge in [0.2, 0.25) is 0 Å². The van der Waals surface area contributed by atoms with E-state index in [0.717, 1.165) is 4.47 Å². The van der Waals surface area contributed by atoms with E-state index in [1.54, 1.807) is 0 Å². The third kappa shape index (κ3) is 1.46. The second-order valence-corrected chi connectivity index (χ2v) is 4.15. The minimum Gasteiger partial charge on any atom is -0.263 e. The first-order valence-corrected chi connectivity index (χ1v) is 4.98. The lowest BCUT2D eigenvalue weighted by atomic mass is 10.0. The van der Waals surface area contributed by atoms with Crippen molar-refractivity contribution >= 4 is 26.7 Å². The number of aryl methyl sites for hydroxylation is 2. The monoisotopic (exact) mass is 235 g/mol. The molecule has 0 radical (unpaired) electrons. The molecule has 0 aliphatic heterocycles. The Labute approximate surface area is 85.9 Å². The van der Waals surface area contributed by atoms with Crippen LogP contribution in [0.15, 0.2) is 29.0 Å². The molecule has 0 atom stereocenters. The lowest BCUT2D eigenvalue weighted by Gasteiger charge is -2.04. The van der Waals surface area contributed by atoms with Crippen LogP contribution < -0.4 is 0 Å². The fourth-order valence-corrected chi connectivity index (χ4v) is 2.04. The number of fused-ring (bicyclic) bond motifs is 1. The molecule has 0 N–H and O–H groups in total. The minimum absolute atomic E-state index is 1.07. The lowest BCUT2D eigenvalue weighted by molar-refractivity contribution is 1.32. The molecule has 1 heterocycles. The van der Waals surface area contributed by atoms with Crippen LogP contribution in [0.4, 0.5) is 0 Å². The molecule has 0 aliphatic rings. The van der Waals surface area contributed by atoms with Gasteiger partial charge >= 0.3 is 0 Å². The van der Waals surface area contributed by atoms with Gasteiger partial charge in [-0.1, -0.05) is 17.7 Å². The van der Waals surface area contributed by atoms with Crippen LogP contribution in [0.5, 0.6) is 0 Å². The summed E-state index contributed by atoms with van der Waals surface area (Å²) in [5.41, 5.74) is 2.57. The van der Waals surface area contributed by atoms with Gasteiger partial charge in [-0.25, -0.2) is 0 Å². The van der Waals surface area contributed by atoms with Gasteiger partial charge in [0.15, 0.2) is 0 Å². The van der Waals surface area contributed by atoms with Gasteiger partial charge < -0.3 is 0 Å². The highest BCUT2D eigenvalue weighted by Crippen LogP contribution is 2.26. The van der Waals surface area contributed by atoms with Crippen LogP contribution in [-0.4, -0.2) is 4.98 Å². The molecule has 0 amide bonds. The number of hydrogen-bond donors (Lipinski definition) is 0. The number of aromatic nitrogens is 1. The van der Waals surface area contributed by atoms with Crippen molar-refractivity contribution in [1.29, 1.82) is 0 Å². The molecule has 1 aromatic carbocycles. The zero-order chi connectivity index (χ0) is 9.42. The van der Waals surface area contributed by atoms with E-state index in [4.69, 9.17) is 0 Å². The van der Waals surface area contributed by atoms with Crippen molar-refractivity contribution < 1.29 is 0 Å². The molecule has 0 fully saturated rings. The first-order valence-electron chi connectivity index (χ1n) is 4.19. The van der Waals surface area contributed by atoms with E-state index in [-0.39, 0.29) is 0 Å². The average molecular weight is 236 g/mol. The topological polar surface area (TPSA) is 12.9 Å². The predicted octanol–water partition coefficient (Wildman–Crippen LogP) is 3.61. The zero-order valence-electron chi connectivity index (χ0n) is 7.63. The van der Waals surface area contributed by atoms with Crippen LogP contribution in [0.2, 0.25) is 0 Å². The van der Waals surface area contributed by atoms with Gasteiger partial charge in [0.1, 0.15) is 0 Å². The van der Waals surface area contributed by atoms with Gasteiger partial charge in [-0.05, 0) is 40.7 Å². The normalized spacial score (nSPS) is 10.7. The summed E-state index contributed by atoms with van der Waals surface area (Å²) in [6.45, 7) is 4.22. The molecular formula is C11H10BrN. The van der Waals surface area contributed by atoms with E-state index in [0.29, 0.717) is 0 Å². The van der Waals surface area contributed by atoms with Crippen LogP contribution in [-0.2, 0) is 0 Å². The van der Waals surface area contributed by atoms with Gasteiger partial charge in [0, 0.05) is 22.3 Å². The maximum Gasteiger partial charge on any atom is 0.0437 e. The highest BCUT2D eigenvalue weighted by molar-refractivity contribution is 9.10. The third-order valence-corrected chi connectivity index (χ3v) is 2.81. The summed E-state index contributed by atoms with van der Waals surface area (Å²) in [7, 11) is 0. The van der Waals surface area contributed by atoms with Crippen molar-refractivity contribution in [3.05, 3.63) is 40.1 Å². The summed E-state index contributed by atoms with van der Waals surface area (Å²) in [5.74, 6) is 0. The summed E-state index contributed by atoms with van der Waals surface area (Å²) in [5, 5.41) is 2.47. The molecule has 0 aliphatic carbocycles. The zero-order valence-corrected chi connectivity index (χ0v) is 9.22. The Morgan fingerprint density at radius 2 is 1.85 bits per heavy atom. The molecule has 0 saturated heterocycles. The van der Waals surface area contributed by atoms with Gasteiger partial charge in [0.25, 0.3) is 0 Å². The lowest BCUT2D eigenvalue weighted by Crippen LogP contribution is -1.84. The van der Waals surface area contributed by atoms with Gasteiger partial charge in [-0.2, -0.15) is 0 Å². The molecule has 1 nitrogen and oxygen atoms in total. The van der Waals surface area contributed by atoms with E-state index in [2.05, 4.69) is 46.9 Å². The smallest absolute Gasteiger partial charge is 0.0437 e. The Kier molecular flexibility index (Phi) is 2.08. The first kappa shape index (κ1) is 8.70. The number of nitrogens with zero attached hydrogens (tertiary/aromatic N) is 1. The van der Waals surface area contributed by atoms with Gasteiger partial charge in [-0.15, -0.1) is 0 Å². The number of benzene rings is 1. The van der Waals surface area contributed by atoms with Crippen molar-refractivity contribution in [3.63, 3.8) is 0 Å². The standard InChI is InChI=1S/C11H10BrN/c1-7-3-8(2)10-5-13-6-11(12)9(10)4-7/h3-6H,1-2H3. The first-order chi connectivity index (χ1) is 6.18. The van der Waals surface area contributed by atoms with Crippen molar-refractivity contribution in [2.45, 2.75) is 13.8 Å². The van der Waals surface area contributed by atoms with E-state index >= 15 is 0 Å². The van der Waals surface area contributed by atoms with Crippen LogP contribution in [0.1, 0.15) is 11.1 Å². The Balaban J connectivity index is 2.94. The summed E-state index contributed by atoms with van der Waals surface area (Å²) in [6, 6.07) is 4.35. The van der Waals surface area contributed by atoms with Crippen LogP contribution in [0.3, 0.4) is 0 Å². The van der Waals surface area contributed by atoms with Crippen LogP contribution in [0.25, 0.3) is 10.8 Å². The molecule has 0 bridgehead atoms. The molecular weight excluding hydrogens is 226 g/mol. The molecule has 0 unspecified atom stereocenters. The van der Waals surface area contributed by atoms with Crippen molar-refractivity contribution in [3.8, 4) is 0 Å². The Bertz CT molecular complexity index is 463. The van der Waals surface area contributed by atoms with Gasteiger partial charge in [0.05, 0.1) is 0 Å². The van der Waals surface area contributed by atoms with E-state index in [1.807, 2.05) is 12.4 Å². The molecule has 0 saturated carbocycles. The molecule has 2 heteroatoms. The highest BCUT2D eigenvalue weighted by Gasteiger charge is 2.01. The molecule has 66 valence electrons. The van der Waals surface area contributed by atoms with Crippen molar-refractivity contribution in [2.24, 2.45) is 0 Å². The number of pyridine rings is 1. The van der Waals surface area contributed by atoms with E-state index in [1.165, 1.54) is 21.9 Å². The second-order valence-electron chi connectivity index (χ2n) is 3.30. The quantitative estimate of drug-likeness (QED) is 0.680. The van der Waals surface area contributed by atoms with Crippen LogP contribution >= 0.6 is 15.9 Å². The molecule has 13 heavy (non-hydrogen) atoms. The number of rotatable bonds is 0. The fraction of sp³-hybridized carbons (Fsp3) is 0.182. The summed E-state index contributed by atoms with van der Waals surface area (Å²) >= 11 is 3.50. The third-order valence-electron chi connectivity index (χ3n) is 2.18. The van der Waals surface area contributed by atoms with Crippen LogP contribution in [0, 0.1) is 13.8 Å². The van der Waals surface area contributed by atoms with Crippen molar-refractivity contribution in [1.82, 2.24) is 4.98 Å². The summed E-state index contributed by atoms with van der Waals surface area (Å²) in [6.07, 6.45) is 3.75. The fourth-order valence-electron chi connectivity index (χ4n) is 1.59. The maximum absolute atomic E-state index is 4.16. The average Bonchev–Trinajstić information content (AvgIpc) is 2.07. The molecule has 0 spiro atoms. The summed E-state index contributed by atoms with van der Waals surface area (Å²) < 4.78 is 1.07. The predicted molar refractivity (Wildman–Crippen MR) is 58.9 cm³/mol. The minimum atomic E-state index is 1.07. The Morgan fingerprint density at radius 1 is 1.08 bits per heavy atom. The molecule has 2 aromatic rings. The Morgan fingerprint density at radius 3 is 2.62 bits per heavy atom. The summed E-state index contributed by atoms with van der Waals surface area (Å²) in [4.78, 5) is 4.16. The molecule has 1 aromatic heterocycles.